The summed E-state index contributed by atoms with van der Waals surface area (Å²) in [7, 11) is 0. The van der Waals surface area contributed by atoms with Crippen LogP contribution in [0.4, 0.5) is 13.2 Å². The quantitative estimate of drug-likeness (QED) is 0.844. The lowest BCUT2D eigenvalue weighted by molar-refractivity contribution is -0.138. The van der Waals surface area contributed by atoms with Crippen LogP contribution in [0.3, 0.4) is 0 Å². The van der Waals surface area contributed by atoms with Crippen LogP contribution in [0.1, 0.15) is 22.9 Å². The van der Waals surface area contributed by atoms with E-state index < -0.39 is 11.7 Å². The van der Waals surface area contributed by atoms with E-state index in [-0.39, 0.29) is 30.7 Å². The second-order valence-corrected chi connectivity index (χ2v) is 6.11. The van der Waals surface area contributed by atoms with E-state index in [0.717, 1.165) is 18.2 Å². The van der Waals surface area contributed by atoms with Crippen LogP contribution in [-0.4, -0.2) is 29.5 Å². The van der Waals surface area contributed by atoms with Crippen molar-refractivity contribution in [3.63, 3.8) is 0 Å². The molecule has 1 fully saturated rings. The maximum absolute atomic E-state index is 13.2. The van der Waals surface area contributed by atoms with Gasteiger partial charge in [-0.25, -0.2) is 0 Å². The highest BCUT2D eigenvalue weighted by Crippen LogP contribution is 2.34. The minimum atomic E-state index is -4.41. The molecule has 1 aromatic heterocycles. The fourth-order valence-electron chi connectivity index (χ4n) is 3.00. The number of aromatic nitrogens is 1. The normalized spacial score (nSPS) is 18.6. The van der Waals surface area contributed by atoms with Crippen molar-refractivity contribution in [2.45, 2.75) is 18.8 Å². The number of hydrogen-bond acceptors (Lipinski definition) is 3. The van der Waals surface area contributed by atoms with E-state index in [9.17, 15) is 13.2 Å². The van der Waals surface area contributed by atoms with Crippen molar-refractivity contribution in [3.05, 3.63) is 64.4 Å². The Morgan fingerprint density at radius 1 is 1.20 bits per heavy atom. The summed E-state index contributed by atoms with van der Waals surface area (Å²) < 4.78 is 39.6. The van der Waals surface area contributed by atoms with Gasteiger partial charge >= 0.3 is 6.18 Å². The lowest BCUT2D eigenvalue weighted by Gasteiger charge is -2.37. The summed E-state index contributed by atoms with van der Waals surface area (Å²) in [5, 5.41) is 3.90. The van der Waals surface area contributed by atoms with Gasteiger partial charge in [-0.3, -0.25) is 9.88 Å². The Labute approximate surface area is 155 Å². The number of nitrogens with zero attached hydrogens (tertiary/aromatic N) is 2. The molecule has 2 heterocycles. The smallest absolute Gasteiger partial charge is 0.314 e. The molecule has 0 spiro atoms. The van der Waals surface area contributed by atoms with Crippen LogP contribution in [0.25, 0.3) is 0 Å². The molecule has 0 saturated carbocycles. The van der Waals surface area contributed by atoms with E-state index in [1.165, 1.54) is 12.3 Å². The number of hydrogen-bond donors (Lipinski definition) is 1. The van der Waals surface area contributed by atoms with Crippen LogP contribution in [0.2, 0.25) is 5.02 Å². The molecule has 3 rings (SSSR count). The zero-order valence-corrected chi connectivity index (χ0v) is 14.8. The highest BCUT2D eigenvalue weighted by atomic mass is 35.5. The van der Waals surface area contributed by atoms with E-state index in [2.05, 4.69) is 10.3 Å². The van der Waals surface area contributed by atoms with Crippen molar-refractivity contribution in [1.29, 1.82) is 0 Å². The summed E-state index contributed by atoms with van der Waals surface area (Å²) in [4.78, 5) is 5.97. The van der Waals surface area contributed by atoms with Gasteiger partial charge in [0, 0.05) is 43.4 Å². The van der Waals surface area contributed by atoms with Crippen molar-refractivity contribution in [3.8, 4) is 0 Å². The minimum absolute atomic E-state index is 0. The van der Waals surface area contributed by atoms with Gasteiger partial charge in [-0.1, -0.05) is 29.8 Å². The maximum atomic E-state index is 13.2. The average Bonchev–Trinajstić information content (AvgIpc) is 2.56. The third kappa shape index (κ3) is 4.64. The molecule has 2 aromatic rings. The Morgan fingerprint density at radius 3 is 2.68 bits per heavy atom. The van der Waals surface area contributed by atoms with Crippen LogP contribution < -0.4 is 5.32 Å². The molecule has 1 saturated heterocycles. The Kier molecular flexibility index (Phi) is 6.68. The summed E-state index contributed by atoms with van der Waals surface area (Å²) in [6.45, 7) is 2.12. The first-order valence-corrected chi connectivity index (χ1v) is 8.05. The van der Waals surface area contributed by atoms with E-state index in [1.807, 2.05) is 23.1 Å². The summed E-state index contributed by atoms with van der Waals surface area (Å²) in [6, 6.07) is 9.74. The third-order valence-electron chi connectivity index (χ3n) is 4.17. The zero-order chi connectivity index (χ0) is 17.2. The summed E-state index contributed by atoms with van der Waals surface area (Å²) in [6.07, 6.45) is -3.01. The largest absolute Gasteiger partial charge is 0.418 e. The maximum Gasteiger partial charge on any atom is 0.418 e. The highest BCUT2D eigenvalue weighted by molar-refractivity contribution is 6.31. The number of benzene rings is 1. The van der Waals surface area contributed by atoms with Crippen LogP contribution in [-0.2, 0) is 12.7 Å². The molecule has 0 aliphatic carbocycles. The van der Waals surface area contributed by atoms with E-state index >= 15 is 0 Å². The number of piperazine rings is 1. The van der Waals surface area contributed by atoms with E-state index in [0.29, 0.717) is 18.1 Å². The van der Waals surface area contributed by atoms with Gasteiger partial charge in [0.1, 0.15) is 0 Å². The molecule has 1 unspecified atom stereocenters. The van der Waals surface area contributed by atoms with Crippen LogP contribution in [0.5, 0.6) is 0 Å². The van der Waals surface area contributed by atoms with Gasteiger partial charge < -0.3 is 5.32 Å². The molecule has 3 nitrogen and oxygen atoms in total. The minimum Gasteiger partial charge on any atom is -0.314 e. The fourth-order valence-corrected chi connectivity index (χ4v) is 3.26. The molecule has 0 bridgehead atoms. The predicted molar refractivity (Wildman–Crippen MR) is 94.0 cm³/mol. The molecule has 8 heteroatoms. The lowest BCUT2D eigenvalue weighted by atomic mass is 10.0. The van der Waals surface area contributed by atoms with Gasteiger partial charge in [0.2, 0.25) is 0 Å². The average molecular weight is 392 g/mol. The number of rotatable bonds is 3. The highest BCUT2D eigenvalue weighted by Gasteiger charge is 2.35. The first-order valence-electron chi connectivity index (χ1n) is 7.67. The third-order valence-corrected chi connectivity index (χ3v) is 4.51. The Morgan fingerprint density at radius 2 is 1.96 bits per heavy atom. The van der Waals surface area contributed by atoms with Crippen LogP contribution in [0.15, 0.2) is 42.6 Å². The standard InChI is InChI=1S/C17H17ClF3N3.ClH/c18-14-6-2-1-4-12(14)16-10-22-8-9-24(16)11-15-13(17(19,20)21)5-3-7-23-15;/h1-7,16,22H,8-11H2;1H. The molecule has 1 aliphatic heterocycles. The van der Waals surface area contributed by atoms with Crippen molar-refractivity contribution in [2.75, 3.05) is 19.6 Å². The molecule has 0 radical (unpaired) electrons. The molecule has 25 heavy (non-hydrogen) atoms. The van der Waals surface area contributed by atoms with Gasteiger partial charge in [0.15, 0.2) is 0 Å². The van der Waals surface area contributed by atoms with Crippen molar-refractivity contribution in [1.82, 2.24) is 15.2 Å². The molecular formula is C17H18Cl2F3N3. The Hall–Kier alpha value is -1.34. The number of halogens is 5. The molecule has 0 amide bonds. The lowest BCUT2D eigenvalue weighted by Crippen LogP contribution is -2.45. The van der Waals surface area contributed by atoms with Crippen molar-refractivity contribution >= 4 is 24.0 Å². The van der Waals surface area contributed by atoms with E-state index in [4.69, 9.17) is 11.6 Å². The van der Waals surface area contributed by atoms with Crippen molar-refractivity contribution in [2.24, 2.45) is 0 Å². The number of nitrogens with one attached hydrogen (secondary N) is 1. The summed E-state index contributed by atoms with van der Waals surface area (Å²) in [5.74, 6) is 0. The molecule has 1 N–H and O–H groups in total. The predicted octanol–water partition coefficient (Wildman–Crippen LogP) is 4.32. The molecule has 1 atom stereocenters. The Balaban J connectivity index is 0.00000225. The molecule has 1 aromatic carbocycles. The first-order chi connectivity index (χ1) is 11.5. The van der Waals surface area contributed by atoms with Gasteiger partial charge in [-0.05, 0) is 23.8 Å². The zero-order valence-electron chi connectivity index (χ0n) is 13.3. The van der Waals surface area contributed by atoms with Gasteiger partial charge in [-0.15, -0.1) is 12.4 Å². The SMILES string of the molecule is Cl.FC(F)(F)c1cccnc1CN1CCNCC1c1ccccc1Cl. The Bertz CT molecular complexity index is 710. The monoisotopic (exact) mass is 391 g/mol. The molecule has 1 aliphatic rings. The van der Waals surface area contributed by atoms with E-state index in [1.54, 1.807) is 6.07 Å². The molecular weight excluding hydrogens is 374 g/mol. The summed E-state index contributed by atoms with van der Waals surface area (Å²) in [5.41, 5.74) is 0.279. The fraction of sp³-hybridized carbons (Fsp3) is 0.353. The molecule has 136 valence electrons. The van der Waals surface area contributed by atoms with Gasteiger partial charge in [-0.2, -0.15) is 13.2 Å². The van der Waals surface area contributed by atoms with Crippen molar-refractivity contribution < 1.29 is 13.2 Å². The topological polar surface area (TPSA) is 28.2 Å². The number of pyridine rings is 1. The number of alkyl halides is 3. The first kappa shape index (κ1) is 20.0. The second kappa shape index (κ2) is 8.36. The van der Waals surface area contributed by atoms with Crippen LogP contribution >= 0.6 is 24.0 Å². The van der Waals surface area contributed by atoms with Gasteiger partial charge in [0.25, 0.3) is 0 Å². The van der Waals surface area contributed by atoms with Crippen LogP contribution in [0, 0.1) is 0 Å². The second-order valence-electron chi connectivity index (χ2n) is 5.71. The van der Waals surface area contributed by atoms with Gasteiger partial charge in [0.05, 0.1) is 11.3 Å². The summed E-state index contributed by atoms with van der Waals surface area (Å²) >= 11 is 6.28.